The van der Waals surface area contributed by atoms with Gasteiger partial charge in [0, 0.05) is 24.6 Å². The third-order valence-electron chi connectivity index (χ3n) is 2.35. The highest BCUT2D eigenvalue weighted by atomic mass is 35.5. The average Bonchev–Trinajstić information content (AvgIpc) is 2.31. The van der Waals surface area contributed by atoms with E-state index in [0.29, 0.717) is 16.3 Å². The van der Waals surface area contributed by atoms with Gasteiger partial charge < -0.3 is 16.4 Å². The first-order valence-corrected chi connectivity index (χ1v) is 6.40. The maximum Gasteiger partial charge on any atom is 0.251 e. The zero-order chi connectivity index (χ0) is 14.4. The molecule has 0 heterocycles. The van der Waals surface area contributed by atoms with Crippen molar-refractivity contribution in [2.24, 2.45) is 0 Å². The van der Waals surface area contributed by atoms with E-state index in [0.717, 1.165) is 0 Å². The van der Waals surface area contributed by atoms with E-state index in [-0.39, 0.29) is 30.8 Å². The molecular weight excluding hydrogens is 266 g/mol. The molecule has 1 rings (SSSR count). The van der Waals surface area contributed by atoms with Gasteiger partial charge in [0.1, 0.15) is 0 Å². The molecule has 0 aliphatic heterocycles. The number of carbonyl (C=O) groups excluding carboxylic acids is 2. The Morgan fingerprint density at radius 3 is 2.63 bits per heavy atom. The third kappa shape index (κ3) is 5.18. The van der Waals surface area contributed by atoms with Crippen LogP contribution in [0.4, 0.5) is 5.69 Å². The largest absolute Gasteiger partial charge is 0.398 e. The Balaban J connectivity index is 2.43. The van der Waals surface area contributed by atoms with Gasteiger partial charge in [-0.2, -0.15) is 0 Å². The lowest BCUT2D eigenvalue weighted by molar-refractivity contribution is -0.121. The van der Waals surface area contributed by atoms with Crippen molar-refractivity contribution < 1.29 is 9.59 Å². The summed E-state index contributed by atoms with van der Waals surface area (Å²) in [5.74, 6) is -0.369. The van der Waals surface area contributed by atoms with Crippen LogP contribution in [0.5, 0.6) is 0 Å². The quantitative estimate of drug-likeness (QED) is 0.717. The smallest absolute Gasteiger partial charge is 0.251 e. The fourth-order valence-electron chi connectivity index (χ4n) is 1.47. The molecule has 0 saturated heterocycles. The molecule has 1 aromatic rings. The summed E-state index contributed by atoms with van der Waals surface area (Å²) < 4.78 is 0. The van der Waals surface area contributed by atoms with Crippen molar-refractivity contribution in [1.29, 1.82) is 0 Å². The van der Waals surface area contributed by atoms with Crippen LogP contribution in [0.1, 0.15) is 30.6 Å². The lowest BCUT2D eigenvalue weighted by Gasteiger charge is -2.09. The Labute approximate surface area is 117 Å². The van der Waals surface area contributed by atoms with Crippen molar-refractivity contribution in [3.05, 3.63) is 28.8 Å². The Bertz CT molecular complexity index is 475. The van der Waals surface area contributed by atoms with E-state index >= 15 is 0 Å². The highest BCUT2D eigenvalue weighted by molar-refractivity contribution is 6.33. The van der Waals surface area contributed by atoms with Crippen LogP contribution in [-0.2, 0) is 4.79 Å². The van der Waals surface area contributed by atoms with E-state index in [1.807, 2.05) is 13.8 Å². The highest BCUT2D eigenvalue weighted by Gasteiger charge is 2.08. The van der Waals surface area contributed by atoms with Crippen molar-refractivity contribution in [2.75, 3.05) is 12.3 Å². The summed E-state index contributed by atoms with van der Waals surface area (Å²) in [7, 11) is 0. The summed E-state index contributed by atoms with van der Waals surface area (Å²) in [6, 6.07) is 4.75. The maximum atomic E-state index is 11.8. The number of rotatable bonds is 5. The minimum absolute atomic E-state index is 0.0917. The van der Waals surface area contributed by atoms with Gasteiger partial charge in [-0.25, -0.2) is 0 Å². The summed E-state index contributed by atoms with van der Waals surface area (Å²) in [4.78, 5) is 23.1. The van der Waals surface area contributed by atoms with E-state index in [1.54, 1.807) is 12.1 Å². The third-order valence-corrected chi connectivity index (χ3v) is 2.69. The lowest BCUT2D eigenvalue weighted by atomic mass is 10.2. The summed E-state index contributed by atoms with van der Waals surface area (Å²) in [5.41, 5.74) is 6.39. The van der Waals surface area contributed by atoms with Gasteiger partial charge in [0.15, 0.2) is 0 Å². The van der Waals surface area contributed by atoms with Crippen molar-refractivity contribution in [3.63, 3.8) is 0 Å². The predicted octanol–water partition coefficient (Wildman–Crippen LogP) is 1.57. The fourth-order valence-corrected chi connectivity index (χ4v) is 1.59. The number of carbonyl (C=O) groups is 2. The summed E-state index contributed by atoms with van der Waals surface area (Å²) in [6.45, 7) is 4.04. The van der Waals surface area contributed by atoms with Gasteiger partial charge in [0.2, 0.25) is 5.91 Å². The molecule has 0 bridgehead atoms. The summed E-state index contributed by atoms with van der Waals surface area (Å²) in [5, 5.41) is 5.81. The van der Waals surface area contributed by atoms with Crippen molar-refractivity contribution in [1.82, 2.24) is 10.6 Å². The Morgan fingerprint density at radius 2 is 2.05 bits per heavy atom. The number of anilines is 1. The van der Waals surface area contributed by atoms with Crippen LogP contribution in [0.2, 0.25) is 5.02 Å². The molecule has 0 spiro atoms. The first kappa shape index (κ1) is 15.3. The first-order valence-electron chi connectivity index (χ1n) is 6.02. The van der Waals surface area contributed by atoms with Crippen LogP contribution in [0, 0.1) is 0 Å². The number of benzene rings is 1. The molecule has 5 nitrogen and oxygen atoms in total. The molecule has 0 saturated carbocycles. The molecule has 2 amide bonds. The Hall–Kier alpha value is -1.75. The zero-order valence-corrected chi connectivity index (χ0v) is 11.8. The molecule has 0 unspecified atom stereocenters. The molecule has 4 N–H and O–H groups in total. The topological polar surface area (TPSA) is 84.2 Å². The minimum Gasteiger partial charge on any atom is -0.398 e. The van der Waals surface area contributed by atoms with Crippen molar-refractivity contribution in [2.45, 2.75) is 26.3 Å². The van der Waals surface area contributed by atoms with Crippen LogP contribution >= 0.6 is 11.6 Å². The molecule has 0 fully saturated rings. The summed E-state index contributed by atoms with van der Waals surface area (Å²) >= 11 is 5.77. The van der Waals surface area contributed by atoms with Crippen LogP contribution in [0.3, 0.4) is 0 Å². The van der Waals surface area contributed by atoms with Gasteiger partial charge in [-0.3, -0.25) is 9.59 Å². The molecule has 104 valence electrons. The molecule has 0 aliphatic carbocycles. The number of nitrogens with one attached hydrogen (secondary N) is 2. The SMILES string of the molecule is CC(C)NC(=O)CCNC(=O)c1ccc(Cl)c(N)c1. The maximum absolute atomic E-state index is 11.8. The second-order valence-electron chi connectivity index (χ2n) is 4.46. The van der Waals surface area contributed by atoms with Crippen molar-refractivity contribution >= 4 is 29.1 Å². The van der Waals surface area contributed by atoms with Gasteiger partial charge in [-0.1, -0.05) is 11.6 Å². The second kappa shape index (κ2) is 6.99. The Morgan fingerprint density at radius 1 is 1.37 bits per heavy atom. The van der Waals surface area contributed by atoms with Gasteiger partial charge in [-0.15, -0.1) is 0 Å². The van der Waals surface area contributed by atoms with E-state index in [4.69, 9.17) is 17.3 Å². The molecule has 19 heavy (non-hydrogen) atoms. The molecule has 0 radical (unpaired) electrons. The first-order chi connectivity index (χ1) is 8.90. The number of hydrogen-bond acceptors (Lipinski definition) is 3. The van der Waals surface area contributed by atoms with Crippen LogP contribution in [0.25, 0.3) is 0 Å². The van der Waals surface area contributed by atoms with E-state index in [1.165, 1.54) is 6.07 Å². The normalized spacial score (nSPS) is 10.3. The molecule has 6 heteroatoms. The van der Waals surface area contributed by atoms with E-state index in [9.17, 15) is 9.59 Å². The van der Waals surface area contributed by atoms with Gasteiger partial charge in [0.25, 0.3) is 5.91 Å². The number of hydrogen-bond donors (Lipinski definition) is 3. The average molecular weight is 284 g/mol. The molecular formula is C13H18ClN3O2. The number of halogens is 1. The van der Waals surface area contributed by atoms with Crippen LogP contribution < -0.4 is 16.4 Å². The van der Waals surface area contributed by atoms with Crippen molar-refractivity contribution in [3.8, 4) is 0 Å². The molecule has 0 aromatic heterocycles. The number of nitrogens with two attached hydrogens (primary N) is 1. The number of amides is 2. The fraction of sp³-hybridized carbons (Fsp3) is 0.385. The standard InChI is InChI=1S/C13H18ClN3O2/c1-8(2)17-12(18)5-6-16-13(19)9-3-4-10(14)11(15)7-9/h3-4,7-8H,5-6,15H2,1-2H3,(H,16,19)(H,17,18). The monoisotopic (exact) mass is 283 g/mol. The molecule has 1 aromatic carbocycles. The van der Waals surface area contributed by atoms with Gasteiger partial charge in [0.05, 0.1) is 10.7 Å². The zero-order valence-electron chi connectivity index (χ0n) is 11.0. The molecule has 0 aliphatic rings. The van der Waals surface area contributed by atoms with Crippen LogP contribution in [-0.4, -0.2) is 24.4 Å². The number of nitrogen functional groups attached to an aromatic ring is 1. The van der Waals surface area contributed by atoms with Gasteiger partial charge in [-0.05, 0) is 32.0 Å². The van der Waals surface area contributed by atoms with Gasteiger partial charge >= 0.3 is 0 Å². The van der Waals surface area contributed by atoms with E-state index < -0.39 is 0 Å². The minimum atomic E-state index is -0.277. The molecule has 0 atom stereocenters. The Kier molecular flexibility index (Phi) is 5.63. The van der Waals surface area contributed by atoms with Crippen LogP contribution in [0.15, 0.2) is 18.2 Å². The predicted molar refractivity (Wildman–Crippen MR) is 76.1 cm³/mol. The van der Waals surface area contributed by atoms with E-state index in [2.05, 4.69) is 10.6 Å². The summed E-state index contributed by atoms with van der Waals surface area (Å²) in [6.07, 6.45) is 0.243. The second-order valence-corrected chi connectivity index (χ2v) is 4.87. The highest BCUT2D eigenvalue weighted by Crippen LogP contribution is 2.19. The lowest BCUT2D eigenvalue weighted by Crippen LogP contribution is -2.34.